The molecule has 0 saturated heterocycles. The summed E-state index contributed by atoms with van der Waals surface area (Å²) in [5.74, 6) is 0. The van der Waals surface area contributed by atoms with Crippen molar-refractivity contribution in [2.24, 2.45) is 0 Å². The molecule has 0 N–H and O–H groups in total. The third kappa shape index (κ3) is 6.55. The number of fused-ring (bicyclic) bond motifs is 7. The van der Waals surface area contributed by atoms with Gasteiger partial charge in [-0.25, -0.2) is 0 Å². The number of benzene rings is 11. The van der Waals surface area contributed by atoms with Crippen LogP contribution in [0.15, 0.2) is 247 Å². The van der Waals surface area contributed by atoms with Gasteiger partial charge in [0.1, 0.15) is 5.58 Å². The monoisotopic (exact) mass is 804 g/mol. The Bertz CT molecular complexity index is 3620. The molecule has 0 radical (unpaired) electrons. The van der Waals surface area contributed by atoms with Crippen molar-refractivity contribution >= 4 is 88.4 Å². The lowest BCUT2D eigenvalue weighted by molar-refractivity contribution is 0.673. The quantitative estimate of drug-likeness (QED) is 0.153. The zero-order chi connectivity index (χ0) is 41.7. The molecule has 0 spiro atoms. The second-order valence-corrected chi connectivity index (χ2v) is 16.2. The van der Waals surface area contributed by atoms with Gasteiger partial charge in [0.2, 0.25) is 0 Å². The van der Waals surface area contributed by atoms with Gasteiger partial charge in [-0.05, 0) is 122 Å². The molecule has 63 heavy (non-hydrogen) atoms. The Morgan fingerprint density at radius 3 is 1.49 bits per heavy atom. The fraction of sp³-hybridized carbons (Fsp3) is 0. The molecule has 1 aromatic heterocycles. The first-order chi connectivity index (χ1) is 31.2. The Morgan fingerprint density at radius 1 is 0.238 bits per heavy atom. The van der Waals surface area contributed by atoms with Crippen LogP contribution in [0.5, 0.6) is 0 Å². The smallest absolute Gasteiger partial charge is 0.159 e. The van der Waals surface area contributed by atoms with Gasteiger partial charge in [-0.1, -0.05) is 170 Å². The van der Waals surface area contributed by atoms with E-state index in [2.05, 4.69) is 252 Å². The van der Waals surface area contributed by atoms with Crippen LogP contribution >= 0.6 is 0 Å². The van der Waals surface area contributed by atoms with Crippen LogP contribution in [0.4, 0.5) is 34.1 Å². The van der Waals surface area contributed by atoms with Gasteiger partial charge >= 0.3 is 0 Å². The Morgan fingerprint density at radius 2 is 0.746 bits per heavy atom. The predicted molar refractivity (Wildman–Crippen MR) is 266 cm³/mol. The maximum atomic E-state index is 7.19. The Labute approximate surface area is 365 Å². The molecule has 0 fully saturated rings. The highest BCUT2D eigenvalue weighted by atomic mass is 16.3. The van der Waals surface area contributed by atoms with Crippen molar-refractivity contribution in [3.8, 4) is 22.3 Å². The first-order valence-corrected chi connectivity index (χ1v) is 21.5. The van der Waals surface area contributed by atoms with E-state index >= 15 is 0 Å². The van der Waals surface area contributed by atoms with Crippen LogP contribution in [-0.4, -0.2) is 0 Å². The number of rotatable bonds is 8. The van der Waals surface area contributed by atoms with E-state index in [0.29, 0.717) is 0 Å². The molecular weight excluding hydrogens is 765 g/mol. The van der Waals surface area contributed by atoms with Gasteiger partial charge in [0.25, 0.3) is 0 Å². The van der Waals surface area contributed by atoms with Crippen molar-refractivity contribution < 1.29 is 4.42 Å². The molecule has 11 aromatic carbocycles. The average molecular weight is 805 g/mol. The lowest BCUT2D eigenvalue weighted by Gasteiger charge is -2.30. The Kier molecular flexibility index (Phi) is 8.83. The summed E-state index contributed by atoms with van der Waals surface area (Å²) < 4.78 is 7.19. The first kappa shape index (κ1) is 36.5. The van der Waals surface area contributed by atoms with Crippen LogP contribution in [0.25, 0.3) is 76.5 Å². The fourth-order valence-corrected chi connectivity index (χ4v) is 9.25. The number of para-hydroxylation sites is 1. The van der Waals surface area contributed by atoms with E-state index in [9.17, 15) is 0 Å². The summed E-state index contributed by atoms with van der Waals surface area (Å²) >= 11 is 0. The molecule has 0 aliphatic heterocycles. The molecule has 1 heterocycles. The van der Waals surface area contributed by atoms with Crippen molar-refractivity contribution in [3.05, 3.63) is 243 Å². The number of hydrogen-bond donors (Lipinski definition) is 0. The zero-order valence-electron chi connectivity index (χ0n) is 34.4. The van der Waals surface area contributed by atoms with Crippen LogP contribution in [-0.2, 0) is 0 Å². The van der Waals surface area contributed by atoms with Crippen molar-refractivity contribution in [2.75, 3.05) is 9.80 Å². The zero-order valence-corrected chi connectivity index (χ0v) is 34.4. The maximum absolute atomic E-state index is 7.19. The van der Waals surface area contributed by atoms with Gasteiger partial charge in [0.05, 0.1) is 5.69 Å². The summed E-state index contributed by atoms with van der Waals surface area (Å²) in [6.45, 7) is 0. The second-order valence-electron chi connectivity index (χ2n) is 16.2. The highest BCUT2D eigenvalue weighted by molar-refractivity contribution is 6.19. The van der Waals surface area contributed by atoms with Gasteiger partial charge in [-0.15, -0.1) is 0 Å². The summed E-state index contributed by atoms with van der Waals surface area (Å²) in [5.41, 5.74) is 12.6. The van der Waals surface area contributed by atoms with E-state index in [1.807, 2.05) is 0 Å². The van der Waals surface area contributed by atoms with Gasteiger partial charge in [-0.3, -0.25) is 0 Å². The third-order valence-electron chi connectivity index (χ3n) is 12.4. The predicted octanol–water partition coefficient (Wildman–Crippen LogP) is 17.3. The first-order valence-electron chi connectivity index (χ1n) is 21.5. The minimum atomic E-state index is 0.824. The van der Waals surface area contributed by atoms with Crippen LogP contribution < -0.4 is 9.80 Å². The van der Waals surface area contributed by atoms with Crippen molar-refractivity contribution in [3.63, 3.8) is 0 Å². The summed E-state index contributed by atoms with van der Waals surface area (Å²) in [4.78, 5) is 4.75. The maximum Gasteiger partial charge on any atom is 0.159 e. The van der Waals surface area contributed by atoms with Crippen LogP contribution in [0, 0.1) is 0 Å². The minimum absolute atomic E-state index is 0.824. The van der Waals surface area contributed by atoms with Crippen LogP contribution in [0.1, 0.15) is 0 Å². The fourth-order valence-electron chi connectivity index (χ4n) is 9.25. The molecular formula is C60H40N2O. The molecule has 296 valence electrons. The number of furan rings is 1. The van der Waals surface area contributed by atoms with Gasteiger partial charge in [-0.2, -0.15) is 0 Å². The van der Waals surface area contributed by atoms with Crippen molar-refractivity contribution in [1.29, 1.82) is 0 Å². The van der Waals surface area contributed by atoms with Gasteiger partial charge in [0, 0.05) is 44.6 Å². The highest BCUT2D eigenvalue weighted by Gasteiger charge is 2.25. The van der Waals surface area contributed by atoms with Gasteiger partial charge < -0.3 is 14.2 Å². The highest BCUT2D eigenvalue weighted by Crippen LogP contribution is 2.48. The molecule has 0 bridgehead atoms. The van der Waals surface area contributed by atoms with E-state index in [0.717, 1.165) is 72.2 Å². The summed E-state index contributed by atoms with van der Waals surface area (Å²) in [7, 11) is 0. The molecule has 12 aromatic rings. The summed E-state index contributed by atoms with van der Waals surface area (Å²) in [5, 5.41) is 9.08. The summed E-state index contributed by atoms with van der Waals surface area (Å²) in [6, 6.07) is 87.2. The minimum Gasteiger partial charge on any atom is -0.453 e. The molecule has 3 heteroatoms. The molecule has 0 unspecified atom stereocenters. The van der Waals surface area contributed by atoms with E-state index in [1.165, 1.54) is 38.4 Å². The second kappa shape index (κ2) is 15.3. The van der Waals surface area contributed by atoms with Crippen molar-refractivity contribution in [1.82, 2.24) is 0 Å². The third-order valence-corrected chi connectivity index (χ3v) is 12.4. The van der Waals surface area contributed by atoms with E-state index < -0.39 is 0 Å². The standard InChI is InChI=1S/C60H40N2O/c1-4-14-41(15-5-1)44-26-31-51(32-27-44)61(52-33-28-43-18-10-11-20-47(43)37-52)54-39-57-56-35-30-46-19-12-13-23-55(46)59(56)63-60(57)58(40-54)62(50-21-8-3-9-22-50)53-34-29-45-24-25-48(36-49(45)38-53)42-16-6-2-7-17-42/h1-40H. The lowest BCUT2D eigenvalue weighted by atomic mass is 10.0. The normalized spacial score (nSPS) is 11.5. The number of nitrogens with zero attached hydrogens (tertiary/aromatic N) is 2. The molecule has 3 nitrogen and oxygen atoms in total. The van der Waals surface area contributed by atoms with E-state index in [4.69, 9.17) is 4.42 Å². The Balaban J connectivity index is 1.14. The lowest BCUT2D eigenvalue weighted by Crippen LogP contribution is -2.13. The Hall–Kier alpha value is -8.40. The SMILES string of the molecule is c1ccc(-c2ccc(N(c3ccc4ccccc4c3)c3cc(N(c4ccccc4)c4ccc5ccc(-c6ccccc6)cc5c4)c4oc5c6ccccc6ccc5c4c3)cc2)cc1. The molecule has 0 aliphatic carbocycles. The van der Waals surface area contributed by atoms with Crippen molar-refractivity contribution in [2.45, 2.75) is 0 Å². The number of anilines is 6. The summed E-state index contributed by atoms with van der Waals surface area (Å²) in [6.07, 6.45) is 0. The van der Waals surface area contributed by atoms with Crippen LogP contribution in [0.2, 0.25) is 0 Å². The molecule has 0 amide bonds. The van der Waals surface area contributed by atoms with E-state index in [1.54, 1.807) is 0 Å². The molecule has 0 saturated carbocycles. The molecule has 0 atom stereocenters. The molecule has 12 rings (SSSR count). The van der Waals surface area contributed by atoms with E-state index in [-0.39, 0.29) is 0 Å². The number of hydrogen-bond acceptors (Lipinski definition) is 3. The topological polar surface area (TPSA) is 19.6 Å². The van der Waals surface area contributed by atoms with Gasteiger partial charge in [0.15, 0.2) is 5.58 Å². The largest absolute Gasteiger partial charge is 0.453 e. The molecule has 0 aliphatic rings. The van der Waals surface area contributed by atoms with Crippen LogP contribution in [0.3, 0.4) is 0 Å². The average Bonchev–Trinajstić information content (AvgIpc) is 3.74.